The van der Waals surface area contributed by atoms with Crippen LogP contribution in [-0.2, 0) is 6.42 Å². The second-order valence-corrected chi connectivity index (χ2v) is 4.22. The molecule has 0 bridgehead atoms. The SMILES string of the molecule is CNC(C)c1noc(Cc2ccc(C)cc2)n1. The van der Waals surface area contributed by atoms with Crippen molar-refractivity contribution >= 4 is 0 Å². The van der Waals surface area contributed by atoms with Gasteiger partial charge in [-0.05, 0) is 26.5 Å². The zero-order valence-corrected chi connectivity index (χ0v) is 10.4. The maximum Gasteiger partial charge on any atom is 0.231 e. The van der Waals surface area contributed by atoms with Gasteiger partial charge in [0.05, 0.1) is 12.5 Å². The molecule has 0 aliphatic carbocycles. The van der Waals surface area contributed by atoms with Crippen LogP contribution < -0.4 is 5.32 Å². The van der Waals surface area contributed by atoms with Gasteiger partial charge in [-0.15, -0.1) is 0 Å². The fraction of sp³-hybridized carbons (Fsp3) is 0.385. The highest BCUT2D eigenvalue weighted by molar-refractivity contribution is 5.23. The molecular formula is C13H17N3O. The lowest BCUT2D eigenvalue weighted by molar-refractivity contribution is 0.374. The molecule has 90 valence electrons. The molecule has 0 saturated heterocycles. The molecule has 4 heteroatoms. The quantitative estimate of drug-likeness (QED) is 0.876. The van der Waals surface area contributed by atoms with Crippen molar-refractivity contribution in [1.29, 1.82) is 0 Å². The first kappa shape index (κ1) is 11.8. The van der Waals surface area contributed by atoms with Gasteiger partial charge in [0, 0.05) is 0 Å². The van der Waals surface area contributed by atoms with Crippen LogP contribution in [-0.4, -0.2) is 17.2 Å². The van der Waals surface area contributed by atoms with Gasteiger partial charge >= 0.3 is 0 Å². The molecule has 0 radical (unpaired) electrons. The number of rotatable bonds is 4. The molecule has 0 fully saturated rings. The topological polar surface area (TPSA) is 51.0 Å². The van der Waals surface area contributed by atoms with Gasteiger partial charge in [-0.2, -0.15) is 4.98 Å². The summed E-state index contributed by atoms with van der Waals surface area (Å²) in [6.07, 6.45) is 0.684. The number of hydrogen-bond donors (Lipinski definition) is 1. The third kappa shape index (κ3) is 2.91. The Bertz CT molecular complexity index is 476. The van der Waals surface area contributed by atoms with Crippen molar-refractivity contribution in [3.8, 4) is 0 Å². The molecule has 2 aromatic rings. The third-order valence-corrected chi connectivity index (χ3v) is 2.78. The van der Waals surface area contributed by atoms with Gasteiger partial charge in [0.2, 0.25) is 5.89 Å². The minimum Gasteiger partial charge on any atom is -0.339 e. The first-order chi connectivity index (χ1) is 8.19. The number of aryl methyl sites for hydroxylation is 1. The first-order valence-corrected chi connectivity index (χ1v) is 5.74. The number of nitrogens with one attached hydrogen (secondary N) is 1. The van der Waals surface area contributed by atoms with E-state index < -0.39 is 0 Å². The zero-order valence-electron chi connectivity index (χ0n) is 10.4. The van der Waals surface area contributed by atoms with Crippen LogP contribution in [0.4, 0.5) is 0 Å². The molecule has 2 rings (SSSR count). The Labute approximate surface area is 101 Å². The van der Waals surface area contributed by atoms with Crippen molar-refractivity contribution in [2.75, 3.05) is 7.05 Å². The van der Waals surface area contributed by atoms with Crippen LogP contribution in [0, 0.1) is 6.92 Å². The van der Waals surface area contributed by atoms with Crippen LogP contribution in [0.15, 0.2) is 28.8 Å². The molecule has 1 aromatic carbocycles. The average Bonchev–Trinajstić information content (AvgIpc) is 2.80. The summed E-state index contributed by atoms with van der Waals surface area (Å²) < 4.78 is 5.22. The molecule has 0 amide bonds. The van der Waals surface area contributed by atoms with E-state index in [0.29, 0.717) is 18.1 Å². The molecular weight excluding hydrogens is 214 g/mol. The first-order valence-electron chi connectivity index (χ1n) is 5.74. The van der Waals surface area contributed by atoms with Crippen LogP contribution in [0.25, 0.3) is 0 Å². The standard InChI is InChI=1S/C13H17N3O/c1-9-4-6-11(7-5-9)8-12-15-13(16-17-12)10(2)14-3/h4-7,10,14H,8H2,1-3H3. The normalized spacial score (nSPS) is 12.6. The smallest absolute Gasteiger partial charge is 0.231 e. The van der Waals surface area contributed by atoms with E-state index in [2.05, 4.69) is 46.6 Å². The predicted molar refractivity (Wildman–Crippen MR) is 65.8 cm³/mol. The number of benzene rings is 1. The maximum absolute atomic E-state index is 5.22. The largest absolute Gasteiger partial charge is 0.339 e. The van der Waals surface area contributed by atoms with Crippen molar-refractivity contribution in [2.45, 2.75) is 26.3 Å². The lowest BCUT2D eigenvalue weighted by Crippen LogP contribution is -2.13. The summed E-state index contributed by atoms with van der Waals surface area (Å²) in [5.74, 6) is 1.36. The second kappa shape index (κ2) is 5.10. The summed E-state index contributed by atoms with van der Waals surface area (Å²) in [7, 11) is 1.88. The van der Waals surface area contributed by atoms with E-state index >= 15 is 0 Å². The van der Waals surface area contributed by atoms with Gasteiger partial charge in [-0.25, -0.2) is 0 Å². The molecule has 1 heterocycles. The molecule has 1 atom stereocenters. The van der Waals surface area contributed by atoms with Gasteiger partial charge in [0.15, 0.2) is 5.82 Å². The van der Waals surface area contributed by atoms with Gasteiger partial charge < -0.3 is 9.84 Å². The molecule has 0 aliphatic heterocycles. The number of aromatic nitrogens is 2. The molecule has 0 spiro atoms. The monoisotopic (exact) mass is 231 g/mol. The molecule has 1 unspecified atom stereocenters. The van der Waals surface area contributed by atoms with Crippen molar-refractivity contribution in [3.63, 3.8) is 0 Å². The molecule has 0 saturated carbocycles. The van der Waals surface area contributed by atoms with Crippen molar-refractivity contribution < 1.29 is 4.52 Å². The zero-order chi connectivity index (χ0) is 12.3. The van der Waals surface area contributed by atoms with Gasteiger partial charge in [0.1, 0.15) is 0 Å². The molecule has 4 nitrogen and oxygen atoms in total. The Hall–Kier alpha value is -1.68. The summed E-state index contributed by atoms with van der Waals surface area (Å²) in [5, 5.41) is 7.03. The minimum atomic E-state index is 0.116. The van der Waals surface area contributed by atoms with E-state index in [1.54, 1.807) is 0 Å². The average molecular weight is 231 g/mol. The highest BCUT2D eigenvalue weighted by Gasteiger charge is 2.11. The Morgan fingerprint density at radius 1 is 1.29 bits per heavy atom. The molecule has 0 aliphatic rings. The Morgan fingerprint density at radius 2 is 2.00 bits per heavy atom. The van der Waals surface area contributed by atoms with E-state index in [1.165, 1.54) is 11.1 Å². The van der Waals surface area contributed by atoms with E-state index in [0.717, 1.165) is 0 Å². The number of hydrogen-bond acceptors (Lipinski definition) is 4. The second-order valence-electron chi connectivity index (χ2n) is 4.22. The van der Waals surface area contributed by atoms with Crippen LogP contribution in [0.5, 0.6) is 0 Å². The Balaban J connectivity index is 2.08. The summed E-state index contributed by atoms with van der Waals surface area (Å²) in [6.45, 7) is 4.07. The summed E-state index contributed by atoms with van der Waals surface area (Å²) in [6, 6.07) is 8.46. The highest BCUT2D eigenvalue weighted by atomic mass is 16.5. The van der Waals surface area contributed by atoms with E-state index in [9.17, 15) is 0 Å². The van der Waals surface area contributed by atoms with Crippen molar-refractivity contribution in [1.82, 2.24) is 15.5 Å². The van der Waals surface area contributed by atoms with Gasteiger partial charge in [0.25, 0.3) is 0 Å². The van der Waals surface area contributed by atoms with E-state index in [-0.39, 0.29) is 6.04 Å². The van der Waals surface area contributed by atoms with Crippen molar-refractivity contribution in [2.24, 2.45) is 0 Å². The lowest BCUT2D eigenvalue weighted by Gasteiger charge is -2.01. The number of nitrogens with zero attached hydrogens (tertiary/aromatic N) is 2. The van der Waals surface area contributed by atoms with Gasteiger partial charge in [-0.1, -0.05) is 35.0 Å². The van der Waals surface area contributed by atoms with Crippen LogP contribution in [0.3, 0.4) is 0 Å². The molecule has 17 heavy (non-hydrogen) atoms. The summed E-state index contributed by atoms with van der Waals surface area (Å²) in [4.78, 5) is 4.36. The molecule has 1 N–H and O–H groups in total. The van der Waals surface area contributed by atoms with Crippen LogP contribution >= 0.6 is 0 Å². The van der Waals surface area contributed by atoms with Crippen LogP contribution in [0.2, 0.25) is 0 Å². The van der Waals surface area contributed by atoms with Gasteiger partial charge in [-0.3, -0.25) is 0 Å². The summed E-state index contributed by atoms with van der Waals surface area (Å²) in [5.41, 5.74) is 2.44. The summed E-state index contributed by atoms with van der Waals surface area (Å²) >= 11 is 0. The highest BCUT2D eigenvalue weighted by Crippen LogP contribution is 2.12. The van der Waals surface area contributed by atoms with E-state index in [1.807, 2.05) is 14.0 Å². The fourth-order valence-corrected chi connectivity index (χ4v) is 1.53. The minimum absolute atomic E-state index is 0.116. The van der Waals surface area contributed by atoms with E-state index in [4.69, 9.17) is 4.52 Å². The third-order valence-electron chi connectivity index (χ3n) is 2.78. The predicted octanol–water partition coefficient (Wildman–Crippen LogP) is 2.25. The van der Waals surface area contributed by atoms with Crippen molar-refractivity contribution in [3.05, 3.63) is 47.1 Å². The Kier molecular flexibility index (Phi) is 3.54. The molecule has 1 aromatic heterocycles. The maximum atomic E-state index is 5.22. The lowest BCUT2D eigenvalue weighted by atomic mass is 10.1. The fourth-order valence-electron chi connectivity index (χ4n) is 1.53. The van der Waals surface area contributed by atoms with Crippen LogP contribution in [0.1, 0.15) is 35.8 Å². The Morgan fingerprint density at radius 3 is 2.65 bits per heavy atom.